The highest BCUT2D eigenvalue weighted by molar-refractivity contribution is 5.65. The minimum Gasteiger partial charge on any atom is -0.487 e. The van der Waals surface area contributed by atoms with Gasteiger partial charge in [0.05, 0.1) is 6.10 Å². The summed E-state index contributed by atoms with van der Waals surface area (Å²) < 4.78 is 14.0. The number of likely N-dealkylation sites (tertiary alicyclic amines) is 1. The van der Waals surface area contributed by atoms with Crippen molar-refractivity contribution in [3.8, 4) is 5.75 Å². The number of nitrogens with zero attached hydrogens (tertiary/aromatic N) is 1. The van der Waals surface area contributed by atoms with Gasteiger partial charge < -0.3 is 19.8 Å². The van der Waals surface area contributed by atoms with Gasteiger partial charge in [-0.05, 0) is 6.07 Å². The zero-order chi connectivity index (χ0) is 14.3. The number of amides is 1. The number of aliphatic hydroxyl groups is 1. The SMILES string of the molecule is [2H]C1CC2(CCN1C(=O)O)CC(O)c1ccccc1O2. The third kappa shape index (κ3) is 2.14. The number of ether oxygens (including phenoxy) is 1. The van der Waals surface area contributed by atoms with Crippen LogP contribution in [0.3, 0.4) is 0 Å². The Kier molecular flexibility index (Phi) is 2.58. The second kappa shape index (κ2) is 4.42. The van der Waals surface area contributed by atoms with Crippen molar-refractivity contribution in [2.45, 2.75) is 31.0 Å². The molecule has 102 valence electrons. The Morgan fingerprint density at radius 2 is 2.26 bits per heavy atom. The Hall–Kier alpha value is -1.75. The Morgan fingerprint density at radius 1 is 1.47 bits per heavy atom. The third-order valence-electron chi connectivity index (χ3n) is 3.91. The van der Waals surface area contributed by atoms with E-state index in [9.17, 15) is 9.90 Å². The molecule has 5 heteroatoms. The highest BCUT2D eigenvalue weighted by Crippen LogP contribution is 2.43. The molecule has 2 aliphatic heterocycles. The molecule has 2 aliphatic rings. The number of rotatable bonds is 0. The van der Waals surface area contributed by atoms with Crippen LogP contribution >= 0.6 is 0 Å². The highest BCUT2D eigenvalue weighted by atomic mass is 16.5. The van der Waals surface area contributed by atoms with Crippen molar-refractivity contribution >= 4 is 6.09 Å². The fourth-order valence-electron chi connectivity index (χ4n) is 2.83. The van der Waals surface area contributed by atoms with E-state index < -0.39 is 24.3 Å². The lowest BCUT2D eigenvalue weighted by Gasteiger charge is -2.45. The molecule has 1 fully saturated rings. The number of aliphatic hydroxyl groups excluding tert-OH is 1. The normalized spacial score (nSPS) is 34.4. The van der Waals surface area contributed by atoms with Crippen LogP contribution < -0.4 is 4.74 Å². The number of para-hydroxylation sites is 1. The van der Waals surface area contributed by atoms with Crippen LogP contribution in [0.5, 0.6) is 5.75 Å². The van der Waals surface area contributed by atoms with E-state index in [2.05, 4.69) is 0 Å². The average Bonchev–Trinajstić information content (AvgIpc) is 2.38. The number of fused-ring (bicyclic) bond motifs is 1. The lowest BCUT2D eigenvalue weighted by Crippen LogP contribution is -2.51. The number of carbonyl (C=O) groups is 1. The van der Waals surface area contributed by atoms with Gasteiger partial charge in [-0.25, -0.2) is 4.79 Å². The summed E-state index contributed by atoms with van der Waals surface area (Å²) in [6.07, 6.45) is -0.502. The van der Waals surface area contributed by atoms with Crippen molar-refractivity contribution in [3.05, 3.63) is 29.8 Å². The summed E-state index contributed by atoms with van der Waals surface area (Å²) in [5, 5.41) is 19.3. The van der Waals surface area contributed by atoms with Crippen LogP contribution in [0.4, 0.5) is 4.79 Å². The van der Waals surface area contributed by atoms with E-state index in [1.165, 1.54) is 0 Å². The molecule has 3 unspecified atom stereocenters. The molecule has 3 atom stereocenters. The maximum absolute atomic E-state index is 11.0. The van der Waals surface area contributed by atoms with Crippen LogP contribution in [0.15, 0.2) is 24.3 Å². The summed E-state index contributed by atoms with van der Waals surface area (Å²) in [5.41, 5.74) is 0.131. The number of hydrogen-bond acceptors (Lipinski definition) is 3. The molecule has 2 N–H and O–H groups in total. The first-order valence-electron chi connectivity index (χ1n) is 6.96. The van der Waals surface area contributed by atoms with Crippen LogP contribution in [-0.2, 0) is 0 Å². The molecule has 2 heterocycles. The summed E-state index contributed by atoms with van der Waals surface area (Å²) in [6, 6.07) is 7.33. The monoisotopic (exact) mass is 264 g/mol. The molecule has 1 aromatic carbocycles. The predicted molar refractivity (Wildman–Crippen MR) is 68.2 cm³/mol. The van der Waals surface area contributed by atoms with Gasteiger partial charge in [0.1, 0.15) is 11.4 Å². The summed E-state index contributed by atoms with van der Waals surface area (Å²) in [7, 11) is 0. The smallest absolute Gasteiger partial charge is 0.407 e. The van der Waals surface area contributed by atoms with E-state index in [0.29, 0.717) is 18.6 Å². The van der Waals surface area contributed by atoms with Gasteiger partial charge in [0.15, 0.2) is 0 Å². The van der Waals surface area contributed by atoms with E-state index >= 15 is 0 Å². The number of hydrogen-bond donors (Lipinski definition) is 2. The Balaban J connectivity index is 1.84. The molecule has 1 amide bonds. The molecule has 1 aromatic rings. The fourth-order valence-corrected chi connectivity index (χ4v) is 2.83. The topological polar surface area (TPSA) is 70.0 Å². The molecule has 1 saturated heterocycles. The van der Waals surface area contributed by atoms with E-state index in [0.717, 1.165) is 10.5 Å². The first kappa shape index (κ1) is 11.1. The minimum atomic E-state index is -1.07. The zero-order valence-corrected chi connectivity index (χ0v) is 10.5. The van der Waals surface area contributed by atoms with Crippen LogP contribution in [0.25, 0.3) is 0 Å². The van der Waals surface area contributed by atoms with E-state index in [1.807, 2.05) is 24.3 Å². The molecule has 1 spiro atoms. The molecule has 0 aliphatic carbocycles. The van der Waals surface area contributed by atoms with Gasteiger partial charge >= 0.3 is 6.09 Å². The van der Waals surface area contributed by atoms with Crippen LogP contribution in [0.1, 0.15) is 32.3 Å². The second-order valence-corrected chi connectivity index (χ2v) is 5.16. The van der Waals surface area contributed by atoms with Crippen molar-refractivity contribution in [3.63, 3.8) is 0 Å². The summed E-state index contributed by atoms with van der Waals surface area (Å²) in [4.78, 5) is 12.1. The van der Waals surface area contributed by atoms with Gasteiger partial charge in [0.25, 0.3) is 0 Å². The Labute approximate surface area is 112 Å². The first-order valence-corrected chi connectivity index (χ1v) is 6.39. The number of carboxylic acid groups (broad SMARTS) is 1. The average molecular weight is 264 g/mol. The molecule has 0 aromatic heterocycles. The van der Waals surface area contributed by atoms with Crippen molar-refractivity contribution in [2.24, 2.45) is 0 Å². The second-order valence-electron chi connectivity index (χ2n) is 5.16. The lowest BCUT2D eigenvalue weighted by molar-refractivity contribution is -0.0502. The van der Waals surface area contributed by atoms with Crippen LogP contribution in [-0.4, -0.2) is 39.9 Å². The van der Waals surface area contributed by atoms with Gasteiger partial charge in [0, 0.05) is 39.3 Å². The minimum absolute atomic E-state index is 0.262. The maximum atomic E-state index is 11.0. The Bertz CT molecular complexity index is 538. The third-order valence-corrected chi connectivity index (χ3v) is 3.91. The lowest BCUT2D eigenvalue weighted by atomic mass is 9.82. The molecule has 0 saturated carbocycles. The maximum Gasteiger partial charge on any atom is 0.407 e. The van der Waals surface area contributed by atoms with E-state index in [1.54, 1.807) is 0 Å². The van der Waals surface area contributed by atoms with Crippen LogP contribution in [0.2, 0.25) is 0 Å². The largest absolute Gasteiger partial charge is 0.487 e. The zero-order valence-electron chi connectivity index (χ0n) is 11.5. The summed E-state index contributed by atoms with van der Waals surface area (Å²) >= 11 is 0. The van der Waals surface area contributed by atoms with Crippen LogP contribution in [0, 0.1) is 0 Å². The molecule has 5 nitrogen and oxygen atoms in total. The molecule has 0 radical (unpaired) electrons. The van der Waals surface area contributed by atoms with Gasteiger partial charge in [-0.1, -0.05) is 18.2 Å². The van der Waals surface area contributed by atoms with Crippen molar-refractivity contribution in [1.29, 1.82) is 0 Å². The Morgan fingerprint density at radius 3 is 3.00 bits per heavy atom. The quantitative estimate of drug-likeness (QED) is 0.752. The highest BCUT2D eigenvalue weighted by Gasteiger charge is 2.43. The summed E-state index contributed by atoms with van der Waals surface area (Å²) in [5.74, 6) is 0.641. The van der Waals surface area contributed by atoms with Gasteiger partial charge in [-0.2, -0.15) is 0 Å². The van der Waals surface area contributed by atoms with Gasteiger partial charge in [-0.15, -0.1) is 0 Å². The fraction of sp³-hybridized carbons (Fsp3) is 0.500. The standard InChI is InChI=1S/C14H17NO4/c16-11-9-14(5-7-15(8-6-14)13(17)18)19-12-4-2-1-3-10(11)12/h1-4,11,16H,5-9H2,(H,17,18)/i7D. The first-order chi connectivity index (χ1) is 9.51. The van der Waals surface area contributed by atoms with E-state index in [-0.39, 0.29) is 13.0 Å². The molecule has 3 rings (SSSR count). The van der Waals surface area contributed by atoms with E-state index in [4.69, 9.17) is 11.2 Å². The number of piperidine rings is 1. The van der Waals surface area contributed by atoms with Gasteiger partial charge in [-0.3, -0.25) is 0 Å². The van der Waals surface area contributed by atoms with Crippen molar-refractivity contribution < 1.29 is 21.1 Å². The molecular weight excluding hydrogens is 246 g/mol. The van der Waals surface area contributed by atoms with Gasteiger partial charge in [0.2, 0.25) is 0 Å². The van der Waals surface area contributed by atoms with Crippen molar-refractivity contribution in [1.82, 2.24) is 4.90 Å². The summed E-state index contributed by atoms with van der Waals surface area (Å²) in [6.45, 7) is -0.586. The predicted octanol–water partition coefficient (Wildman–Crippen LogP) is 2.02. The molecule has 19 heavy (non-hydrogen) atoms. The molecular formula is C14H17NO4. The molecule has 0 bridgehead atoms. The van der Waals surface area contributed by atoms with Crippen molar-refractivity contribution in [2.75, 3.05) is 13.1 Å². The number of benzene rings is 1.